The number of carboxylic acid groups (broad SMARTS) is 3. The van der Waals surface area contributed by atoms with E-state index in [-0.39, 0.29) is 34.3 Å². The third-order valence-electron chi connectivity index (χ3n) is 8.04. The number of anilines is 1. The van der Waals surface area contributed by atoms with E-state index in [1.54, 1.807) is 42.1 Å². The van der Waals surface area contributed by atoms with Gasteiger partial charge in [0.2, 0.25) is 5.95 Å². The quantitative estimate of drug-likeness (QED) is 0.0680. The minimum atomic E-state index is -4.58. The van der Waals surface area contributed by atoms with E-state index in [2.05, 4.69) is 19.9 Å². The molecule has 21 nitrogen and oxygen atoms in total. The number of hydrogen-bond acceptors (Lipinski definition) is 15. The first-order valence-corrected chi connectivity index (χ1v) is 20.0. The van der Waals surface area contributed by atoms with E-state index in [0.29, 0.717) is 22.4 Å². The Morgan fingerprint density at radius 2 is 1.53 bits per heavy atom. The number of aryl methyl sites for hydroxylation is 1. The van der Waals surface area contributed by atoms with Gasteiger partial charge in [-0.25, -0.2) is 32.3 Å². The van der Waals surface area contributed by atoms with Crippen LogP contribution in [0.5, 0.6) is 23.3 Å². The molecule has 0 atom stereocenters. The number of fused-ring (bicyclic) bond motifs is 1. The maximum atomic E-state index is 12.6. The number of methoxy groups -OCH3 is 1. The van der Waals surface area contributed by atoms with Gasteiger partial charge in [0.25, 0.3) is 15.7 Å². The maximum Gasteiger partial charge on any atom is 0.416 e. The van der Waals surface area contributed by atoms with Crippen LogP contribution in [0.3, 0.4) is 0 Å². The van der Waals surface area contributed by atoms with Gasteiger partial charge in [0.05, 0.1) is 33.2 Å². The normalized spacial score (nSPS) is 10.8. The number of pyridine rings is 1. The summed E-state index contributed by atoms with van der Waals surface area (Å²) in [6.45, 7) is 1.15. The standard InChI is InChI=1S/C14H7ClF3NO5.C14H15N5O6S.C11H8ClNO3/c15-10-5-7(14(16,17)18)1-4-12(10)24-8-2-3-11(19(22)23)9(6-8)13(20)21;1-8-15-12(17-13(16-8)25-3)19(2)14(22)18-26(23,24)10-7-5-4-6-9(10)11(20)21;12-8-3-4-9(16-6-10(14)15)11-7(8)2-1-5-13-11/h1-6H,(H,20,21);4-7H,1-3H3,(H,18,22)(H,20,21);1-5H,6H2,(H,14,15). The predicted molar refractivity (Wildman–Crippen MR) is 225 cm³/mol. The van der Waals surface area contributed by atoms with E-state index in [0.717, 1.165) is 52.8 Å². The fraction of sp³-hybridized carbons (Fsp3) is 0.128. The molecule has 6 rings (SSSR count). The van der Waals surface area contributed by atoms with Gasteiger partial charge in [-0.15, -0.1) is 0 Å². The number of nitro groups is 1. The molecule has 0 spiro atoms. The molecule has 2 amide bonds. The summed E-state index contributed by atoms with van der Waals surface area (Å²) < 4.78 is 79.5. The number of rotatable bonds is 12. The summed E-state index contributed by atoms with van der Waals surface area (Å²) in [6.07, 6.45) is -2.97. The van der Waals surface area contributed by atoms with Gasteiger partial charge >= 0.3 is 36.1 Å². The lowest BCUT2D eigenvalue weighted by Gasteiger charge is -2.17. The largest absolute Gasteiger partial charge is 0.480 e. The molecule has 0 saturated heterocycles. The molecule has 0 aliphatic rings. The first-order valence-electron chi connectivity index (χ1n) is 17.8. The molecule has 27 heteroatoms. The van der Waals surface area contributed by atoms with Crippen molar-refractivity contribution in [2.75, 3.05) is 25.7 Å². The van der Waals surface area contributed by atoms with Crippen LogP contribution in [-0.2, 0) is 21.0 Å². The molecule has 0 saturated carbocycles. The van der Waals surface area contributed by atoms with E-state index in [1.807, 2.05) is 0 Å². The Balaban J connectivity index is 0.000000222. The molecule has 0 fully saturated rings. The Morgan fingerprint density at radius 1 is 0.864 bits per heavy atom. The molecule has 66 heavy (non-hydrogen) atoms. The highest BCUT2D eigenvalue weighted by atomic mass is 35.5. The number of aromatic carboxylic acids is 2. The highest BCUT2D eigenvalue weighted by Gasteiger charge is 2.31. The SMILES string of the molecule is COc1nc(C)nc(N(C)C(=O)NS(=O)(=O)c2ccccc2C(=O)O)n1.O=C(O)COc1ccc(Cl)c2cccnc12.O=C(O)c1cc(Oc2ccc(C(F)(F)F)cc2Cl)ccc1[N+](=O)[O-]. The number of alkyl halides is 3. The summed E-state index contributed by atoms with van der Waals surface area (Å²) in [5.74, 6) is -3.77. The topological polar surface area (TPSA) is 301 Å². The van der Waals surface area contributed by atoms with Gasteiger partial charge in [0.15, 0.2) is 6.61 Å². The van der Waals surface area contributed by atoms with Crippen molar-refractivity contribution in [2.45, 2.75) is 18.0 Å². The molecule has 4 aromatic carbocycles. The molecule has 0 unspecified atom stereocenters. The number of aromatic nitrogens is 4. The zero-order valence-corrected chi connectivity index (χ0v) is 36.0. The number of halogens is 5. The number of nitro benzene ring substituents is 1. The van der Waals surface area contributed by atoms with Crippen LogP contribution >= 0.6 is 23.2 Å². The number of carboxylic acids is 3. The van der Waals surface area contributed by atoms with Crippen molar-refractivity contribution in [1.29, 1.82) is 0 Å². The number of nitrogens with one attached hydrogen (secondary N) is 1. The Hall–Kier alpha value is -7.90. The molecule has 0 aliphatic carbocycles. The van der Waals surface area contributed by atoms with Gasteiger partial charge in [-0.2, -0.15) is 28.1 Å². The molecule has 4 N–H and O–H groups in total. The van der Waals surface area contributed by atoms with Crippen LogP contribution in [-0.4, -0.2) is 93.3 Å². The predicted octanol–water partition coefficient (Wildman–Crippen LogP) is 7.53. The molecule has 2 aromatic heterocycles. The lowest BCUT2D eigenvalue weighted by atomic mass is 10.1. The third kappa shape index (κ3) is 13.3. The van der Waals surface area contributed by atoms with Crippen molar-refractivity contribution < 1.29 is 75.2 Å². The number of amides is 2. The smallest absolute Gasteiger partial charge is 0.416 e. The number of nitrogens with zero attached hydrogens (tertiary/aromatic N) is 6. The lowest BCUT2D eigenvalue weighted by Crippen LogP contribution is -2.42. The molecular formula is C39H30Cl2F3N7O14S. The van der Waals surface area contributed by atoms with Crippen molar-refractivity contribution in [3.8, 4) is 23.3 Å². The first kappa shape index (κ1) is 50.7. The molecule has 0 radical (unpaired) electrons. The van der Waals surface area contributed by atoms with Gasteiger partial charge in [0, 0.05) is 30.8 Å². The maximum absolute atomic E-state index is 12.6. The molecular weight excluding hydrogens is 950 g/mol. The zero-order valence-electron chi connectivity index (χ0n) is 33.7. The summed E-state index contributed by atoms with van der Waals surface area (Å²) in [6, 6.07) is 15.9. The van der Waals surface area contributed by atoms with E-state index in [4.69, 9.17) is 52.7 Å². The van der Waals surface area contributed by atoms with E-state index < -0.39 is 78.9 Å². The number of carbonyl (C=O) groups excluding carboxylic acids is 1. The van der Waals surface area contributed by atoms with Crippen LogP contribution in [0.15, 0.2) is 96.0 Å². The molecule has 0 aliphatic heterocycles. The van der Waals surface area contributed by atoms with Crippen LogP contribution < -0.4 is 23.8 Å². The van der Waals surface area contributed by atoms with Crippen molar-refractivity contribution >= 4 is 79.7 Å². The number of aliphatic carboxylic acids is 1. The van der Waals surface area contributed by atoms with Gasteiger partial charge in [-0.3, -0.25) is 20.0 Å². The summed E-state index contributed by atoms with van der Waals surface area (Å²) in [4.78, 5) is 70.8. The van der Waals surface area contributed by atoms with E-state index >= 15 is 0 Å². The van der Waals surface area contributed by atoms with Crippen LogP contribution in [0.1, 0.15) is 32.1 Å². The number of benzene rings is 4. The number of hydrogen-bond donors (Lipinski definition) is 4. The fourth-order valence-electron chi connectivity index (χ4n) is 5.06. The zero-order chi connectivity index (χ0) is 49.1. The van der Waals surface area contributed by atoms with Gasteiger partial charge in [0.1, 0.15) is 39.0 Å². The second kappa shape index (κ2) is 21.7. The summed E-state index contributed by atoms with van der Waals surface area (Å²) in [5.41, 5.74) is -2.15. The van der Waals surface area contributed by atoms with Crippen molar-refractivity contribution in [3.63, 3.8) is 0 Å². The average Bonchev–Trinajstić information content (AvgIpc) is 3.26. The van der Waals surface area contributed by atoms with Gasteiger partial charge in [-0.1, -0.05) is 35.3 Å². The van der Waals surface area contributed by atoms with Gasteiger partial charge in [-0.05, 0) is 67.6 Å². The van der Waals surface area contributed by atoms with Crippen molar-refractivity contribution in [2.24, 2.45) is 0 Å². The Bertz CT molecular complexity index is 2950. The molecule has 6 aromatic rings. The summed E-state index contributed by atoms with van der Waals surface area (Å²) >= 11 is 11.7. The van der Waals surface area contributed by atoms with Crippen LogP contribution in [0.25, 0.3) is 10.9 Å². The molecule has 0 bridgehead atoms. The Labute approximate surface area is 379 Å². The third-order valence-corrected chi connectivity index (χ3v) is 10.0. The lowest BCUT2D eigenvalue weighted by molar-refractivity contribution is -0.385. The van der Waals surface area contributed by atoms with Gasteiger partial charge < -0.3 is 29.5 Å². The Morgan fingerprint density at radius 3 is 2.14 bits per heavy atom. The van der Waals surface area contributed by atoms with Crippen molar-refractivity contribution in [1.82, 2.24) is 24.7 Å². The summed E-state index contributed by atoms with van der Waals surface area (Å²) in [5, 5.41) is 38.3. The molecule has 2 heterocycles. The highest BCUT2D eigenvalue weighted by Crippen LogP contribution is 2.37. The van der Waals surface area contributed by atoms with Crippen molar-refractivity contribution in [3.05, 3.63) is 134 Å². The van der Waals surface area contributed by atoms with E-state index in [1.165, 1.54) is 26.3 Å². The number of sulfonamides is 1. The first-order chi connectivity index (χ1) is 30.9. The minimum Gasteiger partial charge on any atom is -0.480 e. The second-order valence-corrected chi connectivity index (χ2v) is 15.0. The Kier molecular flexibility index (Phi) is 16.6. The molecule has 346 valence electrons. The van der Waals surface area contributed by atoms with E-state index in [9.17, 15) is 50.9 Å². The highest BCUT2D eigenvalue weighted by molar-refractivity contribution is 7.90. The number of carbonyl (C=O) groups is 4. The number of urea groups is 1. The minimum absolute atomic E-state index is 0.0498. The second-order valence-electron chi connectivity index (χ2n) is 12.6. The average molecular weight is 981 g/mol. The van der Waals surface area contributed by atoms with Crippen LogP contribution in [0.4, 0.5) is 29.6 Å². The monoisotopic (exact) mass is 979 g/mol. The fourth-order valence-corrected chi connectivity index (χ4v) is 6.67. The summed E-state index contributed by atoms with van der Waals surface area (Å²) in [7, 11) is -1.87. The van der Waals surface area contributed by atoms with Crippen LogP contribution in [0.2, 0.25) is 10.0 Å². The van der Waals surface area contributed by atoms with Crippen LogP contribution in [0, 0.1) is 17.0 Å². The number of ether oxygens (including phenoxy) is 3.